The molecule has 0 saturated carbocycles. The van der Waals surface area contributed by atoms with Gasteiger partial charge in [-0.15, -0.1) is 0 Å². The number of benzene rings is 2. The van der Waals surface area contributed by atoms with E-state index in [-0.39, 0.29) is 11.6 Å². The van der Waals surface area contributed by atoms with Gasteiger partial charge in [-0.2, -0.15) is 13.2 Å². The first-order valence-corrected chi connectivity index (χ1v) is 13.7. The number of quaternary nitrogens is 1. The molecule has 0 spiro atoms. The van der Waals surface area contributed by atoms with E-state index in [1.165, 1.54) is 0 Å². The van der Waals surface area contributed by atoms with Crippen molar-refractivity contribution in [3.05, 3.63) is 70.3 Å². The number of hydrogen-bond acceptors (Lipinski definition) is 7. The van der Waals surface area contributed by atoms with E-state index in [4.69, 9.17) is 27.2 Å². The lowest BCUT2D eigenvalue weighted by molar-refractivity contribution is -0.928. The lowest BCUT2D eigenvalue weighted by Crippen LogP contribution is -3.10. The Morgan fingerprint density at radius 3 is 1.62 bits per heavy atom. The van der Waals surface area contributed by atoms with Gasteiger partial charge in [-0.3, -0.25) is 4.90 Å². The maximum absolute atomic E-state index is 15.4. The number of nitrogens with zero attached hydrogens (tertiary/aromatic N) is 1. The molecule has 2 aromatic rings. The van der Waals surface area contributed by atoms with Crippen LogP contribution in [0.2, 0.25) is 0 Å². The van der Waals surface area contributed by atoms with Gasteiger partial charge < -0.3 is 23.7 Å². The monoisotopic (exact) mass is 582 g/mol. The summed E-state index contributed by atoms with van der Waals surface area (Å²) in [4.78, 5) is 3.12. The quantitative estimate of drug-likeness (QED) is 0.289. The Balaban J connectivity index is 0.000000459. The number of rotatable bonds is 0. The molecule has 0 unspecified atom stereocenters. The van der Waals surface area contributed by atoms with E-state index in [1.807, 2.05) is 36.4 Å². The lowest BCUT2D eigenvalue weighted by Gasteiger charge is -2.26. The average Bonchev–Trinajstić information content (AvgIpc) is 2.85. The predicted molar refractivity (Wildman–Crippen MR) is 128 cm³/mol. The zero-order valence-corrected chi connectivity index (χ0v) is 22.0. The summed E-state index contributed by atoms with van der Waals surface area (Å²) in [6, 6.07) is 11.1. The van der Waals surface area contributed by atoms with Crippen molar-refractivity contribution in [3.8, 4) is 0 Å². The second kappa shape index (κ2) is 14.4. The number of alkyl halides is 3. The van der Waals surface area contributed by atoms with Gasteiger partial charge in [-0.05, 0) is 0 Å². The van der Waals surface area contributed by atoms with Gasteiger partial charge in [0.05, 0.1) is 39.6 Å². The highest BCUT2D eigenvalue weighted by Gasteiger charge is 2.37. The Labute approximate surface area is 224 Å². The molecule has 8 nitrogen and oxygen atoms in total. The molecule has 0 atom stereocenters. The van der Waals surface area contributed by atoms with Crippen molar-refractivity contribution in [3.63, 3.8) is 0 Å². The van der Waals surface area contributed by atoms with Crippen LogP contribution in [0.1, 0.15) is 22.3 Å². The summed E-state index contributed by atoms with van der Waals surface area (Å²) in [6.07, 6.45) is 0. The van der Waals surface area contributed by atoms with E-state index >= 15 is 8.78 Å². The van der Waals surface area contributed by atoms with Crippen LogP contribution in [0.5, 0.6) is 0 Å². The zero-order chi connectivity index (χ0) is 28.5. The minimum absolute atomic E-state index is 0.161. The molecule has 2 aliphatic rings. The molecule has 2 aromatic carbocycles. The lowest BCUT2D eigenvalue weighted by atomic mass is 10.0. The fourth-order valence-corrected chi connectivity index (χ4v) is 4.21. The molecule has 2 aliphatic heterocycles. The van der Waals surface area contributed by atoms with E-state index in [1.54, 1.807) is 0 Å². The summed E-state index contributed by atoms with van der Waals surface area (Å²) < 4.78 is 107. The SMILES string of the molecule is Fc1c2cccc1C[NH+]1CCOCCOCCOCCN(C2)Cc2cccc(c2F)C1.O=S(=O)([O-])C(F)(F)F. The van der Waals surface area contributed by atoms with Crippen LogP contribution >= 0.6 is 0 Å². The molecule has 0 radical (unpaired) electrons. The number of halogens is 5. The van der Waals surface area contributed by atoms with Crippen molar-refractivity contribution in [2.45, 2.75) is 31.7 Å². The summed E-state index contributed by atoms with van der Waals surface area (Å²) >= 11 is 0. The summed E-state index contributed by atoms with van der Waals surface area (Å²) in [6.45, 7) is 5.98. The molecule has 14 heteroatoms. The van der Waals surface area contributed by atoms with E-state index in [9.17, 15) is 13.2 Å². The molecule has 0 saturated heterocycles. The maximum atomic E-state index is 15.4. The normalized spacial score (nSPS) is 21.8. The van der Waals surface area contributed by atoms with Gasteiger partial charge in [-0.1, -0.05) is 36.4 Å². The molecule has 0 aliphatic carbocycles. The molecule has 0 aromatic heterocycles. The molecule has 1 N–H and O–H groups in total. The van der Waals surface area contributed by atoms with Crippen LogP contribution in [0, 0.1) is 11.6 Å². The number of hydrogen-bond donors (Lipinski definition) is 1. The molecule has 6 bridgehead atoms. The standard InChI is InChI=1S/C24H30F2N2O3.CHF3O3S/c25-23-19-3-1-4-20(23)16-28-8-10-30-12-14-31-13-11-29-9-7-27(15-19)17-21-5-2-6-22(18-28)24(21)26;2-1(3,4)8(5,6)7/h1-6H,7-18H2;(H,5,6,7). The highest BCUT2D eigenvalue weighted by molar-refractivity contribution is 7.86. The van der Waals surface area contributed by atoms with Gasteiger partial charge in [0, 0.05) is 41.9 Å². The minimum atomic E-state index is -6.09. The van der Waals surface area contributed by atoms with E-state index in [0.717, 1.165) is 4.90 Å². The molecule has 0 amide bonds. The third-order valence-electron chi connectivity index (χ3n) is 6.17. The number of nitrogens with one attached hydrogen (secondary N) is 1. The summed E-state index contributed by atoms with van der Waals surface area (Å²) in [7, 11) is -6.09. The summed E-state index contributed by atoms with van der Waals surface area (Å²) in [5.41, 5.74) is -3.06. The van der Waals surface area contributed by atoms with Crippen molar-refractivity contribution < 1.29 is 54.0 Å². The molecule has 39 heavy (non-hydrogen) atoms. The Bertz CT molecular complexity index is 1060. The third-order valence-corrected chi connectivity index (χ3v) is 6.73. The number of fused-ring (bicyclic) bond motifs is 4. The third kappa shape index (κ3) is 9.74. The molecule has 2 heterocycles. The van der Waals surface area contributed by atoms with Crippen LogP contribution in [0.4, 0.5) is 22.0 Å². The second-order valence-corrected chi connectivity index (χ2v) is 10.5. The topological polar surface area (TPSA) is 92.6 Å². The molecule has 0 fully saturated rings. The Hall–Kier alpha value is -2.20. The van der Waals surface area contributed by atoms with Gasteiger partial charge in [0.15, 0.2) is 10.1 Å². The van der Waals surface area contributed by atoms with Crippen molar-refractivity contribution in [2.24, 2.45) is 0 Å². The van der Waals surface area contributed by atoms with Crippen LogP contribution in [0.25, 0.3) is 0 Å². The van der Waals surface area contributed by atoms with Crippen LogP contribution < -0.4 is 4.90 Å². The summed E-state index contributed by atoms with van der Waals surface area (Å²) in [5, 5.41) is 0. The van der Waals surface area contributed by atoms with Gasteiger partial charge in [0.1, 0.15) is 31.3 Å². The first kappa shape index (κ1) is 31.3. The van der Waals surface area contributed by atoms with E-state index < -0.39 is 15.6 Å². The van der Waals surface area contributed by atoms with E-state index in [2.05, 4.69) is 4.90 Å². The van der Waals surface area contributed by atoms with Gasteiger partial charge in [0.2, 0.25) is 0 Å². The Morgan fingerprint density at radius 1 is 0.744 bits per heavy atom. The predicted octanol–water partition coefficient (Wildman–Crippen LogP) is 1.98. The molecular weight excluding hydrogens is 551 g/mol. The largest absolute Gasteiger partial charge is 0.741 e. The first-order chi connectivity index (χ1) is 18.5. The minimum Gasteiger partial charge on any atom is -0.741 e. The highest BCUT2D eigenvalue weighted by Crippen LogP contribution is 2.21. The van der Waals surface area contributed by atoms with Gasteiger partial charge in [0.25, 0.3) is 0 Å². The first-order valence-electron chi connectivity index (χ1n) is 12.3. The van der Waals surface area contributed by atoms with Crippen molar-refractivity contribution in [1.82, 2.24) is 4.90 Å². The van der Waals surface area contributed by atoms with Gasteiger partial charge >= 0.3 is 5.51 Å². The fourth-order valence-electron chi connectivity index (χ4n) is 4.21. The zero-order valence-electron chi connectivity index (χ0n) is 21.1. The maximum Gasteiger partial charge on any atom is 0.485 e. The van der Waals surface area contributed by atoms with Crippen molar-refractivity contribution >= 4 is 10.1 Å². The van der Waals surface area contributed by atoms with Crippen LogP contribution in [0.3, 0.4) is 0 Å². The highest BCUT2D eigenvalue weighted by atomic mass is 32.2. The van der Waals surface area contributed by atoms with Crippen LogP contribution in [0.15, 0.2) is 36.4 Å². The smallest absolute Gasteiger partial charge is 0.485 e. The second-order valence-electron chi connectivity index (χ2n) is 9.08. The van der Waals surface area contributed by atoms with Crippen molar-refractivity contribution in [1.29, 1.82) is 0 Å². The van der Waals surface area contributed by atoms with Crippen molar-refractivity contribution in [2.75, 3.05) is 52.7 Å². The van der Waals surface area contributed by atoms with E-state index in [0.29, 0.717) is 101 Å². The fraction of sp³-hybridized carbons (Fsp3) is 0.520. The van der Waals surface area contributed by atoms with Crippen LogP contribution in [-0.4, -0.2) is 76.1 Å². The van der Waals surface area contributed by atoms with Crippen LogP contribution in [-0.2, 0) is 50.5 Å². The molecular formula is C25H31F5N2O6S. The molecule has 218 valence electrons. The number of ether oxygens (including phenoxy) is 3. The molecule has 4 rings (SSSR count). The Kier molecular flexibility index (Phi) is 11.6. The average molecular weight is 583 g/mol. The summed E-state index contributed by atoms with van der Waals surface area (Å²) in [5.74, 6) is -0.322. The van der Waals surface area contributed by atoms with Gasteiger partial charge in [-0.25, -0.2) is 17.2 Å². The Morgan fingerprint density at radius 2 is 1.15 bits per heavy atom.